The fourth-order valence-electron chi connectivity index (χ4n) is 3.91. The largest absolute Gasteiger partial charge is 0.355 e. The molecule has 0 bridgehead atoms. The lowest BCUT2D eigenvalue weighted by atomic mass is 10.2. The molecule has 0 amide bonds. The Morgan fingerprint density at radius 1 is 1.07 bits per heavy atom. The van der Waals surface area contributed by atoms with Crippen LogP contribution < -0.4 is 5.32 Å². The first kappa shape index (κ1) is 24.1. The van der Waals surface area contributed by atoms with E-state index in [-0.39, 0.29) is 24.0 Å². The van der Waals surface area contributed by atoms with Crippen LogP contribution in [0.1, 0.15) is 5.56 Å². The maximum Gasteiger partial charge on any atom is 0.193 e. The van der Waals surface area contributed by atoms with E-state index >= 15 is 0 Å². The van der Waals surface area contributed by atoms with Gasteiger partial charge in [-0.1, -0.05) is 42.5 Å². The van der Waals surface area contributed by atoms with Gasteiger partial charge in [0, 0.05) is 72.0 Å². The van der Waals surface area contributed by atoms with E-state index in [0.717, 1.165) is 64.9 Å². The second-order valence-electron chi connectivity index (χ2n) is 7.93. The standard InChI is InChI=1S/C22H36N6.HI/c1-23-22(24-18-21-19-25(2)12-13-26(21)3)28-16-14-27(15-17-28)11-7-10-20-8-5-4-6-9-20;/h4-10,21H,11-19H2,1-3H3,(H,23,24);1H/b10-7+;. The molecule has 0 aromatic heterocycles. The number of nitrogens with one attached hydrogen (secondary N) is 1. The molecule has 2 fully saturated rings. The Balaban J connectivity index is 0.00000300. The minimum absolute atomic E-state index is 0. The van der Waals surface area contributed by atoms with Crippen LogP contribution in [0.2, 0.25) is 0 Å². The third kappa shape index (κ3) is 7.55. The van der Waals surface area contributed by atoms with E-state index in [0.29, 0.717) is 6.04 Å². The number of hydrogen-bond donors (Lipinski definition) is 1. The van der Waals surface area contributed by atoms with Crippen LogP contribution in [-0.4, -0.2) is 112 Å². The average molecular weight is 512 g/mol. The van der Waals surface area contributed by atoms with Gasteiger partial charge in [-0.25, -0.2) is 0 Å². The molecule has 0 aliphatic carbocycles. The highest BCUT2D eigenvalue weighted by atomic mass is 127. The zero-order valence-electron chi connectivity index (χ0n) is 18.1. The number of aliphatic imine (C=N–C) groups is 1. The topological polar surface area (TPSA) is 37.4 Å². The SMILES string of the molecule is CN=C(NCC1CN(C)CCN1C)N1CCN(C/C=C/c2ccccc2)CC1.I. The predicted octanol–water partition coefficient (Wildman–Crippen LogP) is 1.76. The molecule has 1 atom stereocenters. The lowest BCUT2D eigenvalue weighted by molar-refractivity contribution is 0.115. The van der Waals surface area contributed by atoms with Crippen LogP contribution in [0.15, 0.2) is 41.4 Å². The van der Waals surface area contributed by atoms with E-state index in [1.807, 2.05) is 7.05 Å². The fraction of sp³-hybridized carbons (Fsp3) is 0.591. The quantitative estimate of drug-likeness (QED) is 0.370. The van der Waals surface area contributed by atoms with E-state index < -0.39 is 0 Å². The summed E-state index contributed by atoms with van der Waals surface area (Å²) < 4.78 is 0. The van der Waals surface area contributed by atoms with Gasteiger partial charge in [0.25, 0.3) is 0 Å². The lowest BCUT2D eigenvalue weighted by Crippen LogP contribution is -2.57. The van der Waals surface area contributed by atoms with Crippen LogP contribution in [0.5, 0.6) is 0 Å². The molecular formula is C22H37IN6. The van der Waals surface area contributed by atoms with Crippen LogP contribution in [0, 0.1) is 0 Å². The van der Waals surface area contributed by atoms with Gasteiger partial charge in [-0.05, 0) is 19.7 Å². The Labute approximate surface area is 193 Å². The molecule has 1 N–H and O–H groups in total. The van der Waals surface area contributed by atoms with Crippen LogP contribution in [-0.2, 0) is 0 Å². The Morgan fingerprint density at radius 3 is 2.48 bits per heavy atom. The highest BCUT2D eigenvalue weighted by Gasteiger charge is 2.24. The number of rotatable bonds is 5. The molecule has 2 saturated heterocycles. The molecule has 1 aromatic carbocycles. The van der Waals surface area contributed by atoms with Crippen molar-refractivity contribution in [3.8, 4) is 0 Å². The number of piperazine rings is 2. The lowest BCUT2D eigenvalue weighted by Gasteiger charge is -2.39. The Kier molecular flexibility index (Phi) is 10.4. The molecule has 1 unspecified atom stereocenters. The maximum atomic E-state index is 4.53. The number of halogens is 1. The maximum absolute atomic E-state index is 4.53. The zero-order valence-corrected chi connectivity index (χ0v) is 20.5. The molecule has 1 aromatic rings. The minimum Gasteiger partial charge on any atom is -0.355 e. The smallest absolute Gasteiger partial charge is 0.193 e. The van der Waals surface area contributed by atoms with Gasteiger partial charge in [0.1, 0.15) is 0 Å². The van der Waals surface area contributed by atoms with Crippen molar-refractivity contribution in [2.45, 2.75) is 6.04 Å². The van der Waals surface area contributed by atoms with Crippen LogP contribution in [0.25, 0.3) is 6.08 Å². The predicted molar refractivity (Wildman–Crippen MR) is 134 cm³/mol. The number of benzene rings is 1. The molecule has 6 nitrogen and oxygen atoms in total. The summed E-state index contributed by atoms with van der Waals surface area (Å²) in [5.74, 6) is 1.04. The van der Waals surface area contributed by atoms with E-state index in [9.17, 15) is 0 Å². The normalized spacial score (nSPS) is 22.7. The molecule has 2 heterocycles. The summed E-state index contributed by atoms with van der Waals surface area (Å²) in [5, 5.41) is 3.61. The van der Waals surface area contributed by atoms with E-state index in [4.69, 9.17) is 0 Å². The van der Waals surface area contributed by atoms with Gasteiger partial charge in [0.05, 0.1) is 0 Å². The molecular weight excluding hydrogens is 475 g/mol. The first-order valence-corrected chi connectivity index (χ1v) is 10.4. The van der Waals surface area contributed by atoms with Crippen molar-refractivity contribution < 1.29 is 0 Å². The minimum atomic E-state index is 0. The number of guanidine groups is 1. The highest BCUT2D eigenvalue weighted by molar-refractivity contribution is 14.0. The van der Waals surface area contributed by atoms with E-state index in [1.54, 1.807) is 0 Å². The Hall–Kier alpha value is -1.16. The molecule has 29 heavy (non-hydrogen) atoms. The second-order valence-corrected chi connectivity index (χ2v) is 7.93. The van der Waals surface area contributed by atoms with Gasteiger partial charge in [-0.15, -0.1) is 24.0 Å². The molecule has 0 spiro atoms. The summed E-state index contributed by atoms with van der Waals surface area (Å²) in [6, 6.07) is 11.1. The summed E-state index contributed by atoms with van der Waals surface area (Å²) >= 11 is 0. The van der Waals surface area contributed by atoms with Gasteiger partial charge in [-0.3, -0.25) is 14.8 Å². The first-order chi connectivity index (χ1) is 13.7. The first-order valence-electron chi connectivity index (χ1n) is 10.4. The monoisotopic (exact) mass is 512 g/mol. The zero-order chi connectivity index (χ0) is 19.8. The van der Waals surface area contributed by atoms with Gasteiger partial charge >= 0.3 is 0 Å². The summed E-state index contributed by atoms with van der Waals surface area (Å²) in [6.07, 6.45) is 4.48. The summed E-state index contributed by atoms with van der Waals surface area (Å²) in [6.45, 7) is 9.57. The van der Waals surface area contributed by atoms with Gasteiger partial charge in [0.2, 0.25) is 0 Å². The molecule has 0 radical (unpaired) electrons. The van der Waals surface area contributed by atoms with Gasteiger partial charge in [-0.2, -0.15) is 0 Å². The molecule has 2 aliphatic heterocycles. The number of nitrogens with zero attached hydrogens (tertiary/aromatic N) is 5. The van der Waals surface area contributed by atoms with Crippen molar-refractivity contribution in [3.63, 3.8) is 0 Å². The molecule has 7 heteroatoms. The third-order valence-electron chi connectivity index (χ3n) is 5.83. The summed E-state index contributed by atoms with van der Waals surface area (Å²) in [4.78, 5) is 14.3. The Bertz CT molecular complexity index is 642. The number of likely N-dealkylation sites (N-methyl/N-ethyl adjacent to an activating group) is 2. The summed E-state index contributed by atoms with van der Waals surface area (Å²) in [7, 11) is 6.33. The van der Waals surface area contributed by atoms with Crippen molar-refractivity contribution in [3.05, 3.63) is 42.0 Å². The van der Waals surface area contributed by atoms with E-state index in [1.165, 1.54) is 5.56 Å². The highest BCUT2D eigenvalue weighted by Crippen LogP contribution is 2.07. The number of hydrogen-bond acceptors (Lipinski definition) is 4. The van der Waals surface area contributed by atoms with Crippen LogP contribution in [0.4, 0.5) is 0 Å². The average Bonchev–Trinajstić information content (AvgIpc) is 2.73. The van der Waals surface area contributed by atoms with Crippen LogP contribution in [0.3, 0.4) is 0 Å². The fourth-order valence-corrected chi connectivity index (χ4v) is 3.91. The van der Waals surface area contributed by atoms with Crippen molar-refractivity contribution in [1.82, 2.24) is 24.9 Å². The van der Waals surface area contributed by atoms with E-state index in [2.05, 4.69) is 86.5 Å². The molecule has 0 saturated carbocycles. The second kappa shape index (κ2) is 12.5. The molecule has 162 valence electrons. The van der Waals surface area contributed by atoms with Crippen molar-refractivity contribution in [2.75, 3.05) is 80.0 Å². The van der Waals surface area contributed by atoms with Gasteiger partial charge < -0.3 is 15.1 Å². The molecule has 2 aliphatic rings. The molecule has 3 rings (SSSR count). The van der Waals surface area contributed by atoms with Crippen molar-refractivity contribution in [2.24, 2.45) is 4.99 Å². The third-order valence-corrected chi connectivity index (χ3v) is 5.83. The van der Waals surface area contributed by atoms with Gasteiger partial charge in [0.15, 0.2) is 5.96 Å². The van der Waals surface area contributed by atoms with Crippen molar-refractivity contribution >= 4 is 36.0 Å². The summed E-state index contributed by atoms with van der Waals surface area (Å²) in [5.41, 5.74) is 1.27. The van der Waals surface area contributed by atoms with Crippen molar-refractivity contribution in [1.29, 1.82) is 0 Å². The Morgan fingerprint density at radius 2 is 1.79 bits per heavy atom. The van der Waals surface area contributed by atoms with Crippen LogP contribution >= 0.6 is 24.0 Å².